The molecule has 60 valence electrons. The monoisotopic (exact) mass is 164 g/mol. The number of aliphatic hydroxyl groups is 1. The number of ether oxygens (including phenoxy) is 1. The Morgan fingerprint density at radius 3 is 2.80 bits per heavy atom. The molecule has 1 aliphatic rings. The van der Waals surface area contributed by atoms with Crippen LogP contribution >= 0.6 is 11.6 Å². The van der Waals surface area contributed by atoms with Crippen molar-refractivity contribution in [3.05, 3.63) is 0 Å². The summed E-state index contributed by atoms with van der Waals surface area (Å²) in [7, 11) is 0. The Balaban J connectivity index is 1.83. The molecule has 0 bridgehead atoms. The smallest absolute Gasteiger partial charge is 0.0908 e. The Morgan fingerprint density at radius 1 is 1.60 bits per heavy atom. The van der Waals surface area contributed by atoms with Gasteiger partial charge in [0.15, 0.2) is 0 Å². The second-order valence-electron chi connectivity index (χ2n) is 2.79. The summed E-state index contributed by atoms with van der Waals surface area (Å²) < 4.78 is 5.18. The van der Waals surface area contributed by atoms with Crippen molar-refractivity contribution in [2.45, 2.75) is 18.9 Å². The molecule has 0 radical (unpaired) electrons. The van der Waals surface area contributed by atoms with Crippen molar-refractivity contribution in [1.82, 2.24) is 0 Å². The van der Waals surface area contributed by atoms with Crippen molar-refractivity contribution in [3.8, 4) is 0 Å². The van der Waals surface area contributed by atoms with Gasteiger partial charge in [0.05, 0.1) is 18.6 Å². The van der Waals surface area contributed by atoms with E-state index in [1.54, 1.807) is 0 Å². The van der Waals surface area contributed by atoms with Crippen LogP contribution in [0.3, 0.4) is 0 Å². The van der Waals surface area contributed by atoms with E-state index in [0.717, 1.165) is 12.5 Å². The van der Waals surface area contributed by atoms with Gasteiger partial charge in [-0.05, 0) is 18.8 Å². The van der Waals surface area contributed by atoms with Crippen molar-refractivity contribution < 1.29 is 9.84 Å². The molecule has 0 saturated heterocycles. The molecule has 3 heteroatoms. The first-order valence-electron chi connectivity index (χ1n) is 3.64. The van der Waals surface area contributed by atoms with E-state index in [2.05, 4.69) is 0 Å². The molecule has 1 atom stereocenters. The molecule has 0 amide bonds. The van der Waals surface area contributed by atoms with Gasteiger partial charge in [-0.25, -0.2) is 0 Å². The van der Waals surface area contributed by atoms with Crippen molar-refractivity contribution >= 4 is 11.6 Å². The number of rotatable bonds is 5. The second kappa shape index (κ2) is 4.16. The Hall–Kier alpha value is 0.210. The first-order valence-corrected chi connectivity index (χ1v) is 4.18. The molecule has 1 saturated carbocycles. The molecule has 0 spiro atoms. The minimum Gasteiger partial charge on any atom is -0.389 e. The quantitative estimate of drug-likeness (QED) is 0.615. The lowest BCUT2D eigenvalue weighted by molar-refractivity contribution is 0.0430. The largest absolute Gasteiger partial charge is 0.389 e. The third-order valence-corrected chi connectivity index (χ3v) is 1.90. The van der Waals surface area contributed by atoms with Gasteiger partial charge in [-0.15, -0.1) is 11.6 Å². The van der Waals surface area contributed by atoms with Crippen LogP contribution in [0.1, 0.15) is 12.8 Å². The zero-order valence-electron chi connectivity index (χ0n) is 5.92. The van der Waals surface area contributed by atoms with E-state index in [1.807, 2.05) is 0 Å². The van der Waals surface area contributed by atoms with Gasteiger partial charge in [-0.3, -0.25) is 0 Å². The molecule has 1 unspecified atom stereocenters. The third kappa shape index (κ3) is 3.40. The second-order valence-corrected chi connectivity index (χ2v) is 3.10. The standard InChI is InChI=1S/C7H13ClO2/c8-3-7(9)5-10-4-6-1-2-6/h6-7,9H,1-5H2. The van der Waals surface area contributed by atoms with Crippen molar-refractivity contribution in [2.24, 2.45) is 5.92 Å². The fourth-order valence-corrected chi connectivity index (χ4v) is 0.789. The first kappa shape index (κ1) is 8.31. The number of aliphatic hydroxyl groups excluding tert-OH is 1. The average Bonchev–Trinajstić information content (AvgIpc) is 2.71. The SMILES string of the molecule is OC(CCl)COCC1CC1. The van der Waals surface area contributed by atoms with Crippen LogP contribution in [0.5, 0.6) is 0 Å². The summed E-state index contributed by atoms with van der Waals surface area (Å²) >= 11 is 5.35. The molecule has 0 aromatic carbocycles. The highest BCUT2D eigenvalue weighted by atomic mass is 35.5. The topological polar surface area (TPSA) is 29.5 Å². The lowest BCUT2D eigenvalue weighted by Crippen LogP contribution is -2.17. The maximum Gasteiger partial charge on any atom is 0.0908 e. The lowest BCUT2D eigenvalue weighted by Gasteiger charge is -2.06. The zero-order valence-corrected chi connectivity index (χ0v) is 6.68. The third-order valence-electron chi connectivity index (χ3n) is 1.54. The number of hydrogen-bond acceptors (Lipinski definition) is 2. The van der Waals surface area contributed by atoms with E-state index in [0.29, 0.717) is 6.61 Å². The Kier molecular flexibility index (Phi) is 3.46. The summed E-state index contributed by atoms with van der Waals surface area (Å²) in [5, 5.41) is 8.93. The number of hydrogen-bond donors (Lipinski definition) is 1. The van der Waals surface area contributed by atoms with Crippen LogP contribution in [0, 0.1) is 5.92 Å². The highest BCUT2D eigenvalue weighted by Crippen LogP contribution is 2.28. The molecule has 2 nitrogen and oxygen atoms in total. The van der Waals surface area contributed by atoms with Crippen LogP contribution in [0.4, 0.5) is 0 Å². The molecular formula is C7H13ClO2. The van der Waals surface area contributed by atoms with E-state index in [9.17, 15) is 0 Å². The summed E-state index contributed by atoms with van der Waals surface area (Å²) in [5.41, 5.74) is 0. The minimum atomic E-state index is -0.486. The van der Waals surface area contributed by atoms with E-state index >= 15 is 0 Å². The molecule has 0 aromatic heterocycles. The van der Waals surface area contributed by atoms with E-state index < -0.39 is 6.10 Å². The summed E-state index contributed by atoms with van der Waals surface area (Å²) in [6, 6.07) is 0. The van der Waals surface area contributed by atoms with Crippen LogP contribution < -0.4 is 0 Å². The summed E-state index contributed by atoms with van der Waals surface area (Å²) in [6.45, 7) is 1.19. The van der Waals surface area contributed by atoms with Gasteiger partial charge in [0.1, 0.15) is 0 Å². The van der Waals surface area contributed by atoms with Gasteiger partial charge in [-0.2, -0.15) is 0 Å². The highest BCUT2D eigenvalue weighted by molar-refractivity contribution is 6.18. The van der Waals surface area contributed by atoms with Gasteiger partial charge in [0.2, 0.25) is 0 Å². The normalized spacial score (nSPS) is 21.0. The predicted octanol–water partition coefficient (Wildman–Crippen LogP) is 1.01. The molecule has 0 aliphatic heterocycles. The Labute approximate surface area is 66.1 Å². The zero-order chi connectivity index (χ0) is 7.40. The molecule has 10 heavy (non-hydrogen) atoms. The van der Waals surface area contributed by atoms with Gasteiger partial charge < -0.3 is 9.84 Å². The summed E-state index contributed by atoms with van der Waals surface area (Å²) in [4.78, 5) is 0. The van der Waals surface area contributed by atoms with Crippen molar-refractivity contribution in [1.29, 1.82) is 0 Å². The van der Waals surface area contributed by atoms with Crippen LogP contribution in [0.2, 0.25) is 0 Å². The molecule has 0 heterocycles. The number of alkyl halides is 1. The van der Waals surface area contributed by atoms with Crippen molar-refractivity contribution in [3.63, 3.8) is 0 Å². The molecule has 1 fully saturated rings. The van der Waals surface area contributed by atoms with Gasteiger partial charge in [-0.1, -0.05) is 0 Å². The van der Waals surface area contributed by atoms with E-state index in [1.165, 1.54) is 12.8 Å². The predicted molar refractivity (Wildman–Crippen MR) is 40.3 cm³/mol. The minimum absolute atomic E-state index is 0.269. The average molecular weight is 165 g/mol. The summed E-state index contributed by atoms with van der Waals surface area (Å²) in [6.07, 6.45) is 2.09. The fraction of sp³-hybridized carbons (Fsp3) is 1.00. The molecular weight excluding hydrogens is 152 g/mol. The Morgan fingerprint density at radius 2 is 2.30 bits per heavy atom. The molecule has 1 N–H and O–H groups in total. The molecule has 1 rings (SSSR count). The van der Waals surface area contributed by atoms with E-state index in [-0.39, 0.29) is 5.88 Å². The lowest BCUT2D eigenvalue weighted by atomic mass is 10.4. The van der Waals surface area contributed by atoms with Gasteiger partial charge >= 0.3 is 0 Å². The maximum atomic E-state index is 8.93. The highest BCUT2D eigenvalue weighted by Gasteiger charge is 2.21. The molecule has 1 aliphatic carbocycles. The maximum absolute atomic E-state index is 8.93. The van der Waals surface area contributed by atoms with E-state index in [4.69, 9.17) is 21.4 Å². The van der Waals surface area contributed by atoms with Crippen LogP contribution in [-0.4, -0.2) is 30.3 Å². The number of halogens is 1. The van der Waals surface area contributed by atoms with Crippen LogP contribution in [0.15, 0.2) is 0 Å². The van der Waals surface area contributed by atoms with Gasteiger partial charge in [0, 0.05) is 6.61 Å². The van der Waals surface area contributed by atoms with Crippen LogP contribution in [0.25, 0.3) is 0 Å². The molecule has 0 aromatic rings. The Bertz CT molecular complexity index is 93.6. The van der Waals surface area contributed by atoms with Crippen molar-refractivity contribution in [2.75, 3.05) is 19.1 Å². The summed E-state index contributed by atoms with van der Waals surface area (Å²) in [5.74, 6) is 1.03. The van der Waals surface area contributed by atoms with Gasteiger partial charge in [0.25, 0.3) is 0 Å². The fourth-order valence-electron chi connectivity index (χ4n) is 0.700. The van der Waals surface area contributed by atoms with Crippen LogP contribution in [-0.2, 0) is 4.74 Å². The first-order chi connectivity index (χ1) is 4.83.